The standard InChI is InChI=1S/C29H57NO5/c1-4-6-8-10-12-14-16-18-20-26(32)23-30(28(25(3)31)22-29(34)35)24-27(33)21-19-17-15-13-11-9-7-5-2/h26-28,32-33H,4-24H2,1-3H3,(H,34,35). The second kappa shape index (κ2) is 23.4. The van der Waals surface area contributed by atoms with Gasteiger partial charge in [-0.3, -0.25) is 14.5 Å². The second-order valence-corrected chi connectivity index (χ2v) is 10.5. The van der Waals surface area contributed by atoms with E-state index in [2.05, 4.69) is 13.8 Å². The predicted molar refractivity (Wildman–Crippen MR) is 145 cm³/mol. The van der Waals surface area contributed by atoms with E-state index in [9.17, 15) is 24.9 Å². The van der Waals surface area contributed by atoms with Crippen molar-refractivity contribution in [3.8, 4) is 0 Å². The van der Waals surface area contributed by atoms with Gasteiger partial charge in [0.1, 0.15) is 5.78 Å². The zero-order valence-corrected chi connectivity index (χ0v) is 23.2. The van der Waals surface area contributed by atoms with Gasteiger partial charge >= 0.3 is 5.97 Å². The minimum absolute atomic E-state index is 0.225. The van der Waals surface area contributed by atoms with Gasteiger partial charge in [-0.2, -0.15) is 0 Å². The molecular formula is C29H57NO5. The van der Waals surface area contributed by atoms with E-state index in [1.807, 2.05) is 0 Å². The maximum Gasteiger partial charge on any atom is 0.305 e. The zero-order valence-electron chi connectivity index (χ0n) is 23.2. The third-order valence-corrected chi connectivity index (χ3v) is 6.95. The molecule has 0 saturated heterocycles. The lowest BCUT2D eigenvalue weighted by Gasteiger charge is -2.32. The molecule has 0 aromatic carbocycles. The molecular weight excluding hydrogens is 442 g/mol. The maximum absolute atomic E-state index is 12.2. The number of ketones is 1. The molecule has 3 unspecified atom stereocenters. The molecule has 3 atom stereocenters. The molecule has 35 heavy (non-hydrogen) atoms. The van der Waals surface area contributed by atoms with E-state index < -0.39 is 24.2 Å². The Morgan fingerprint density at radius 3 is 1.29 bits per heavy atom. The van der Waals surface area contributed by atoms with E-state index in [1.54, 1.807) is 4.90 Å². The lowest BCUT2D eigenvalue weighted by Crippen LogP contribution is -2.48. The van der Waals surface area contributed by atoms with E-state index in [-0.39, 0.29) is 25.3 Å². The molecule has 0 rings (SSSR count). The smallest absolute Gasteiger partial charge is 0.305 e. The van der Waals surface area contributed by atoms with Crippen molar-refractivity contribution in [3.63, 3.8) is 0 Å². The molecule has 0 aliphatic carbocycles. The lowest BCUT2D eigenvalue weighted by atomic mass is 10.0. The molecule has 0 amide bonds. The average Bonchev–Trinajstić information content (AvgIpc) is 2.80. The van der Waals surface area contributed by atoms with E-state index in [0.717, 1.165) is 25.7 Å². The summed E-state index contributed by atoms with van der Waals surface area (Å²) in [6, 6.07) is -0.811. The topological polar surface area (TPSA) is 98.1 Å². The molecule has 0 aromatic rings. The van der Waals surface area contributed by atoms with Crippen LogP contribution in [0.15, 0.2) is 0 Å². The number of carboxylic acid groups (broad SMARTS) is 1. The molecule has 0 radical (unpaired) electrons. The summed E-state index contributed by atoms with van der Waals surface area (Å²) < 4.78 is 0. The van der Waals surface area contributed by atoms with Gasteiger partial charge in [-0.25, -0.2) is 0 Å². The van der Waals surface area contributed by atoms with Crippen LogP contribution < -0.4 is 0 Å². The summed E-state index contributed by atoms with van der Waals surface area (Å²) in [6.45, 7) is 6.28. The molecule has 0 aromatic heterocycles. The number of carbonyl (C=O) groups excluding carboxylic acids is 1. The van der Waals surface area contributed by atoms with Crippen molar-refractivity contribution in [1.29, 1.82) is 0 Å². The highest BCUT2D eigenvalue weighted by Gasteiger charge is 2.28. The van der Waals surface area contributed by atoms with Gasteiger partial charge in [-0.15, -0.1) is 0 Å². The number of Topliss-reactive ketones (excluding diaryl/α,β-unsaturated/α-hetero) is 1. The van der Waals surface area contributed by atoms with Crippen LogP contribution in [-0.4, -0.2) is 63.3 Å². The summed E-state index contributed by atoms with van der Waals surface area (Å²) in [4.78, 5) is 25.3. The lowest BCUT2D eigenvalue weighted by molar-refractivity contribution is -0.141. The minimum atomic E-state index is -1.04. The Kier molecular flexibility index (Phi) is 22.8. The Morgan fingerprint density at radius 1 is 0.629 bits per heavy atom. The SMILES string of the molecule is CCCCCCCCCCC(O)CN(CC(O)CCCCCCCCCC)C(CC(=O)O)C(C)=O. The largest absolute Gasteiger partial charge is 0.481 e. The maximum atomic E-state index is 12.2. The van der Waals surface area contributed by atoms with Gasteiger partial charge in [0.25, 0.3) is 0 Å². The van der Waals surface area contributed by atoms with Gasteiger partial charge in [0.15, 0.2) is 0 Å². The Balaban J connectivity index is 4.52. The monoisotopic (exact) mass is 499 g/mol. The fourth-order valence-corrected chi connectivity index (χ4v) is 4.78. The molecule has 0 spiro atoms. The molecule has 0 aliphatic heterocycles. The van der Waals surface area contributed by atoms with Crippen LogP contribution in [0.5, 0.6) is 0 Å². The number of nitrogens with zero attached hydrogens (tertiary/aromatic N) is 1. The molecule has 6 nitrogen and oxygen atoms in total. The van der Waals surface area contributed by atoms with Crippen molar-refractivity contribution < 1.29 is 24.9 Å². The van der Waals surface area contributed by atoms with E-state index in [4.69, 9.17) is 0 Å². The van der Waals surface area contributed by atoms with Crippen LogP contribution in [0.3, 0.4) is 0 Å². The van der Waals surface area contributed by atoms with Crippen LogP contribution in [0.4, 0.5) is 0 Å². The third-order valence-electron chi connectivity index (χ3n) is 6.95. The molecule has 3 N–H and O–H groups in total. The van der Waals surface area contributed by atoms with Crippen molar-refractivity contribution in [2.45, 2.75) is 161 Å². The summed E-state index contributed by atoms with van der Waals surface area (Å²) in [5.41, 5.74) is 0. The second-order valence-electron chi connectivity index (χ2n) is 10.5. The number of hydrogen-bond donors (Lipinski definition) is 3. The highest BCUT2D eigenvalue weighted by atomic mass is 16.4. The van der Waals surface area contributed by atoms with E-state index in [1.165, 1.54) is 84.0 Å². The zero-order chi connectivity index (χ0) is 26.3. The van der Waals surface area contributed by atoms with Crippen molar-refractivity contribution in [1.82, 2.24) is 4.90 Å². The fraction of sp³-hybridized carbons (Fsp3) is 0.931. The number of unbranched alkanes of at least 4 members (excludes halogenated alkanes) is 14. The summed E-state index contributed by atoms with van der Waals surface area (Å²) in [5, 5.41) is 30.5. The molecule has 0 fully saturated rings. The average molecular weight is 500 g/mol. The first kappa shape index (κ1) is 34.0. The first-order valence-corrected chi connectivity index (χ1v) is 14.6. The Hall–Kier alpha value is -0.980. The van der Waals surface area contributed by atoms with Crippen molar-refractivity contribution in [2.75, 3.05) is 13.1 Å². The predicted octanol–water partition coefficient (Wildman–Crippen LogP) is 6.50. The Bertz CT molecular complexity index is 485. The van der Waals surface area contributed by atoms with Gasteiger partial charge in [-0.1, -0.05) is 117 Å². The number of rotatable bonds is 26. The molecule has 0 heterocycles. The molecule has 0 saturated carbocycles. The van der Waals surface area contributed by atoms with Crippen molar-refractivity contribution >= 4 is 11.8 Å². The van der Waals surface area contributed by atoms with Gasteiger partial charge in [-0.05, 0) is 19.8 Å². The highest BCUT2D eigenvalue weighted by Crippen LogP contribution is 2.16. The van der Waals surface area contributed by atoms with Crippen molar-refractivity contribution in [3.05, 3.63) is 0 Å². The number of aliphatic hydroxyl groups excluding tert-OH is 2. The van der Waals surface area contributed by atoms with Gasteiger partial charge in [0.2, 0.25) is 0 Å². The third kappa shape index (κ3) is 20.9. The molecule has 208 valence electrons. The van der Waals surface area contributed by atoms with Crippen LogP contribution in [0.1, 0.15) is 143 Å². The van der Waals surface area contributed by atoms with Crippen LogP contribution >= 0.6 is 0 Å². The number of aliphatic hydroxyl groups is 2. The van der Waals surface area contributed by atoms with Crippen LogP contribution in [0.25, 0.3) is 0 Å². The Labute approximate surface area is 215 Å². The quantitative estimate of drug-likeness (QED) is 0.117. The van der Waals surface area contributed by atoms with Gasteiger partial charge in [0, 0.05) is 13.1 Å². The van der Waals surface area contributed by atoms with Crippen LogP contribution in [0, 0.1) is 0 Å². The van der Waals surface area contributed by atoms with E-state index >= 15 is 0 Å². The summed E-state index contributed by atoms with van der Waals surface area (Å²) in [7, 11) is 0. The first-order chi connectivity index (χ1) is 16.8. The molecule has 0 bridgehead atoms. The van der Waals surface area contributed by atoms with Gasteiger partial charge < -0.3 is 15.3 Å². The molecule has 0 aliphatic rings. The number of hydrogen-bond acceptors (Lipinski definition) is 5. The summed E-state index contributed by atoms with van der Waals surface area (Å²) >= 11 is 0. The van der Waals surface area contributed by atoms with Gasteiger partial charge in [0.05, 0.1) is 24.7 Å². The summed E-state index contributed by atoms with van der Waals surface area (Å²) in [5.74, 6) is -1.27. The molecule has 6 heteroatoms. The number of aliphatic carboxylic acids is 1. The van der Waals surface area contributed by atoms with Crippen LogP contribution in [0.2, 0.25) is 0 Å². The fourth-order valence-electron chi connectivity index (χ4n) is 4.78. The highest BCUT2D eigenvalue weighted by molar-refractivity contribution is 5.85. The summed E-state index contributed by atoms with van der Waals surface area (Å²) in [6.07, 6.45) is 18.8. The number of carboxylic acids is 1. The number of carbonyl (C=O) groups is 2. The van der Waals surface area contributed by atoms with Crippen molar-refractivity contribution in [2.24, 2.45) is 0 Å². The normalized spacial score (nSPS) is 14.2. The van der Waals surface area contributed by atoms with Crippen LogP contribution in [-0.2, 0) is 9.59 Å². The Morgan fingerprint density at radius 2 is 0.971 bits per heavy atom. The first-order valence-electron chi connectivity index (χ1n) is 14.6. The minimum Gasteiger partial charge on any atom is -0.481 e. The van der Waals surface area contributed by atoms with E-state index in [0.29, 0.717) is 12.8 Å².